The lowest BCUT2D eigenvalue weighted by Gasteiger charge is -2.12. The first-order chi connectivity index (χ1) is 5.97. The molecule has 0 spiro atoms. The second-order valence-electron chi connectivity index (χ2n) is 3.38. The summed E-state index contributed by atoms with van der Waals surface area (Å²) in [5, 5.41) is 0. The monoisotopic (exact) mass is 182 g/mol. The van der Waals surface area contributed by atoms with Crippen LogP contribution in [-0.2, 0) is 9.53 Å². The van der Waals surface area contributed by atoms with Gasteiger partial charge >= 0.3 is 5.97 Å². The van der Waals surface area contributed by atoms with Crippen molar-refractivity contribution in [1.82, 2.24) is 0 Å². The summed E-state index contributed by atoms with van der Waals surface area (Å²) < 4.78 is 5.16. The zero-order chi connectivity index (χ0) is 10.4. The van der Waals surface area contributed by atoms with Crippen LogP contribution in [-0.4, -0.2) is 12.1 Å². The number of hydrogen-bond donors (Lipinski definition) is 0. The highest BCUT2D eigenvalue weighted by Crippen LogP contribution is 2.06. The highest BCUT2D eigenvalue weighted by Gasteiger charge is 2.09. The average Bonchev–Trinajstić information content (AvgIpc) is 2.02. The average molecular weight is 182 g/mol. The maximum atomic E-state index is 11.1. The zero-order valence-electron chi connectivity index (χ0n) is 8.89. The van der Waals surface area contributed by atoms with Crippen LogP contribution in [0, 0.1) is 0 Å². The maximum absolute atomic E-state index is 11.1. The molecule has 13 heavy (non-hydrogen) atoms. The number of carbonyl (C=O) groups excluding carboxylic acids is 1. The van der Waals surface area contributed by atoms with Crippen molar-refractivity contribution in [2.24, 2.45) is 0 Å². The van der Waals surface area contributed by atoms with Crippen LogP contribution >= 0.6 is 0 Å². The van der Waals surface area contributed by atoms with Crippen molar-refractivity contribution in [2.45, 2.75) is 40.2 Å². The lowest BCUT2D eigenvalue weighted by molar-refractivity contribution is -0.142. The van der Waals surface area contributed by atoms with E-state index in [2.05, 4.69) is 6.58 Å². The molecular weight excluding hydrogens is 164 g/mol. The van der Waals surface area contributed by atoms with Gasteiger partial charge in [0.25, 0.3) is 0 Å². The van der Waals surface area contributed by atoms with E-state index in [9.17, 15) is 4.79 Å². The Hall–Kier alpha value is -1.05. The SMILES string of the molecule is C=C(C)C(=O)OC(C=C(C)C)CC. The molecule has 0 aliphatic rings. The molecule has 0 fully saturated rings. The molecule has 0 aliphatic carbocycles. The summed E-state index contributed by atoms with van der Waals surface area (Å²) in [5.41, 5.74) is 1.60. The van der Waals surface area contributed by atoms with Gasteiger partial charge in [-0.15, -0.1) is 0 Å². The van der Waals surface area contributed by atoms with Crippen LogP contribution in [0.2, 0.25) is 0 Å². The highest BCUT2D eigenvalue weighted by molar-refractivity contribution is 5.87. The molecule has 2 nitrogen and oxygen atoms in total. The van der Waals surface area contributed by atoms with Gasteiger partial charge in [-0.2, -0.15) is 0 Å². The van der Waals surface area contributed by atoms with E-state index in [1.165, 1.54) is 0 Å². The van der Waals surface area contributed by atoms with E-state index in [0.29, 0.717) is 5.57 Å². The Bertz CT molecular complexity index is 222. The molecule has 74 valence electrons. The van der Waals surface area contributed by atoms with Gasteiger partial charge in [-0.3, -0.25) is 0 Å². The first-order valence-electron chi connectivity index (χ1n) is 4.48. The largest absolute Gasteiger partial charge is 0.455 e. The topological polar surface area (TPSA) is 26.3 Å². The van der Waals surface area contributed by atoms with Crippen LogP contribution in [0.15, 0.2) is 23.8 Å². The molecular formula is C11H18O2. The Kier molecular flexibility index (Phi) is 5.12. The molecule has 0 saturated heterocycles. The Balaban J connectivity index is 4.22. The van der Waals surface area contributed by atoms with Gasteiger partial charge in [0.1, 0.15) is 6.10 Å². The van der Waals surface area contributed by atoms with Crippen molar-refractivity contribution in [3.63, 3.8) is 0 Å². The summed E-state index contributed by atoms with van der Waals surface area (Å²) in [4.78, 5) is 11.1. The molecule has 0 amide bonds. The van der Waals surface area contributed by atoms with Gasteiger partial charge < -0.3 is 4.74 Å². The minimum Gasteiger partial charge on any atom is -0.455 e. The molecule has 0 saturated carbocycles. The number of esters is 1. The van der Waals surface area contributed by atoms with E-state index in [1.807, 2.05) is 26.8 Å². The fraction of sp³-hybridized carbons (Fsp3) is 0.545. The molecule has 0 bridgehead atoms. The normalized spacial score (nSPS) is 11.7. The first-order valence-corrected chi connectivity index (χ1v) is 4.48. The smallest absolute Gasteiger partial charge is 0.333 e. The van der Waals surface area contributed by atoms with Crippen molar-refractivity contribution in [3.8, 4) is 0 Å². The van der Waals surface area contributed by atoms with E-state index in [4.69, 9.17) is 4.74 Å². The third-order valence-electron chi connectivity index (χ3n) is 1.53. The molecule has 0 aromatic carbocycles. The molecule has 0 aromatic heterocycles. The van der Waals surface area contributed by atoms with E-state index >= 15 is 0 Å². The van der Waals surface area contributed by atoms with Gasteiger partial charge in [-0.25, -0.2) is 4.79 Å². The van der Waals surface area contributed by atoms with Gasteiger partial charge in [-0.05, 0) is 33.3 Å². The first kappa shape index (κ1) is 11.9. The Morgan fingerprint density at radius 2 is 2.00 bits per heavy atom. The standard InChI is InChI=1S/C11H18O2/c1-6-10(7-8(2)3)13-11(12)9(4)5/h7,10H,4,6H2,1-3,5H3. The third-order valence-corrected chi connectivity index (χ3v) is 1.53. The summed E-state index contributed by atoms with van der Waals surface area (Å²) in [7, 11) is 0. The Morgan fingerprint density at radius 1 is 1.46 bits per heavy atom. The van der Waals surface area contributed by atoms with E-state index < -0.39 is 0 Å². The minimum absolute atomic E-state index is 0.116. The summed E-state index contributed by atoms with van der Waals surface area (Å²) >= 11 is 0. The van der Waals surface area contributed by atoms with Crippen LogP contribution in [0.25, 0.3) is 0 Å². The number of ether oxygens (including phenoxy) is 1. The second-order valence-corrected chi connectivity index (χ2v) is 3.38. The molecule has 0 aromatic rings. The summed E-state index contributed by atoms with van der Waals surface area (Å²) in [6.07, 6.45) is 2.62. The molecule has 1 unspecified atom stereocenters. The number of rotatable bonds is 4. The van der Waals surface area contributed by atoms with Crippen LogP contribution < -0.4 is 0 Å². The third kappa shape index (κ3) is 5.23. The molecule has 0 heterocycles. The predicted octanol–water partition coefficient (Wildman–Crippen LogP) is 2.85. The summed E-state index contributed by atoms with van der Waals surface area (Å²) in [5.74, 6) is -0.315. The summed E-state index contributed by atoms with van der Waals surface area (Å²) in [6.45, 7) is 11.1. The molecule has 1 atom stereocenters. The molecule has 0 N–H and O–H groups in total. The minimum atomic E-state index is -0.315. The molecule has 0 rings (SSSR count). The van der Waals surface area contributed by atoms with Crippen molar-refractivity contribution in [3.05, 3.63) is 23.8 Å². The number of carbonyl (C=O) groups is 1. The summed E-state index contributed by atoms with van der Waals surface area (Å²) in [6, 6.07) is 0. The quantitative estimate of drug-likeness (QED) is 0.379. The fourth-order valence-electron chi connectivity index (χ4n) is 0.845. The van der Waals surface area contributed by atoms with Gasteiger partial charge in [0.15, 0.2) is 0 Å². The second kappa shape index (κ2) is 5.57. The van der Waals surface area contributed by atoms with E-state index in [0.717, 1.165) is 12.0 Å². The molecule has 0 aliphatic heterocycles. The van der Waals surface area contributed by atoms with Crippen LogP contribution in [0.5, 0.6) is 0 Å². The number of hydrogen-bond acceptors (Lipinski definition) is 2. The maximum Gasteiger partial charge on any atom is 0.333 e. The van der Waals surface area contributed by atoms with Crippen LogP contribution in [0.3, 0.4) is 0 Å². The van der Waals surface area contributed by atoms with Crippen molar-refractivity contribution in [2.75, 3.05) is 0 Å². The predicted molar refractivity (Wildman–Crippen MR) is 54.4 cm³/mol. The lowest BCUT2D eigenvalue weighted by atomic mass is 10.2. The number of allylic oxidation sites excluding steroid dienone is 1. The molecule has 2 heteroatoms. The van der Waals surface area contributed by atoms with Crippen LogP contribution in [0.4, 0.5) is 0 Å². The van der Waals surface area contributed by atoms with Crippen LogP contribution in [0.1, 0.15) is 34.1 Å². The zero-order valence-corrected chi connectivity index (χ0v) is 8.89. The van der Waals surface area contributed by atoms with Gasteiger partial charge in [-0.1, -0.05) is 19.1 Å². The fourth-order valence-corrected chi connectivity index (χ4v) is 0.845. The van der Waals surface area contributed by atoms with Crippen molar-refractivity contribution in [1.29, 1.82) is 0 Å². The Labute approximate surface area is 80.3 Å². The van der Waals surface area contributed by atoms with Gasteiger partial charge in [0.2, 0.25) is 0 Å². The lowest BCUT2D eigenvalue weighted by Crippen LogP contribution is -2.15. The van der Waals surface area contributed by atoms with Crippen molar-refractivity contribution >= 4 is 5.97 Å². The van der Waals surface area contributed by atoms with E-state index in [1.54, 1.807) is 6.92 Å². The molecule has 0 radical (unpaired) electrons. The highest BCUT2D eigenvalue weighted by atomic mass is 16.5. The van der Waals surface area contributed by atoms with Gasteiger partial charge in [0, 0.05) is 5.57 Å². The van der Waals surface area contributed by atoms with Crippen molar-refractivity contribution < 1.29 is 9.53 Å². The van der Waals surface area contributed by atoms with E-state index in [-0.39, 0.29) is 12.1 Å². The van der Waals surface area contributed by atoms with Gasteiger partial charge in [0.05, 0.1) is 0 Å². The Morgan fingerprint density at radius 3 is 2.31 bits per heavy atom.